The number of nitrogens with one attached hydrogen (secondary N) is 1. The lowest BCUT2D eigenvalue weighted by molar-refractivity contribution is 0.0690. The van der Waals surface area contributed by atoms with Crippen molar-refractivity contribution in [1.82, 2.24) is 9.97 Å². The van der Waals surface area contributed by atoms with E-state index in [1.165, 1.54) is 36.6 Å². The maximum Gasteiger partial charge on any atom is 0.354 e. The SMILES string of the molecule is O=C(O)c1cccc(Cc2c(-c3ccc(F)cc3)[nH]c3cc(C4CC4)ccc23)n1. The maximum absolute atomic E-state index is 13.4. The average molecular weight is 386 g/mol. The molecule has 0 saturated heterocycles. The molecular weight excluding hydrogens is 367 g/mol. The van der Waals surface area contributed by atoms with Crippen LogP contribution in [0.4, 0.5) is 4.39 Å². The molecule has 2 aromatic carbocycles. The summed E-state index contributed by atoms with van der Waals surface area (Å²) in [6.07, 6.45) is 2.95. The second kappa shape index (κ2) is 6.85. The molecule has 5 rings (SSSR count). The van der Waals surface area contributed by atoms with E-state index in [-0.39, 0.29) is 11.5 Å². The van der Waals surface area contributed by atoms with Gasteiger partial charge in [-0.1, -0.05) is 18.2 Å². The van der Waals surface area contributed by atoms with E-state index in [4.69, 9.17) is 0 Å². The number of aromatic carboxylic acids is 1. The number of pyridine rings is 1. The molecule has 0 radical (unpaired) electrons. The summed E-state index contributed by atoms with van der Waals surface area (Å²) < 4.78 is 13.4. The summed E-state index contributed by atoms with van der Waals surface area (Å²) in [6, 6.07) is 17.9. The predicted octanol–water partition coefficient (Wildman–Crippen LogP) is 5.54. The van der Waals surface area contributed by atoms with Crippen LogP contribution in [0.25, 0.3) is 22.2 Å². The Morgan fingerprint density at radius 1 is 1.10 bits per heavy atom. The van der Waals surface area contributed by atoms with Crippen molar-refractivity contribution >= 4 is 16.9 Å². The van der Waals surface area contributed by atoms with Gasteiger partial charge in [0.1, 0.15) is 11.5 Å². The number of fused-ring (bicyclic) bond motifs is 1. The van der Waals surface area contributed by atoms with Crippen molar-refractivity contribution in [2.45, 2.75) is 25.2 Å². The molecule has 29 heavy (non-hydrogen) atoms. The zero-order valence-electron chi connectivity index (χ0n) is 15.7. The topological polar surface area (TPSA) is 66.0 Å². The van der Waals surface area contributed by atoms with E-state index in [0.29, 0.717) is 18.0 Å². The second-order valence-electron chi connectivity index (χ2n) is 7.56. The molecule has 2 aromatic heterocycles. The first kappa shape index (κ1) is 17.6. The third kappa shape index (κ3) is 3.40. The molecule has 0 unspecified atom stereocenters. The van der Waals surface area contributed by atoms with Crippen LogP contribution in [0.1, 0.15) is 46.1 Å². The van der Waals surface area contributed by atoms with Crippen LogP contribution in [0.3, 0.4) is 0 Å². The lowest BCUT2D eigenvalue weighted by Crippen LogP contribution is -2.03. The van der Waals surface area contributed by atoms with E-state index in [1.807, 2.05) is 6.07 Å². The molecule has 1 aliphatic carbocycles. The normalized spacial score (nSPS) is 13.7. The highest BCUT2D eigenvalue weighted by atomic mass is 19.1. The van der Waals surface area contributed by atoms with Crippen molar-refractivity contribution < 1.29 is 14.3 Å². The Balaban J connectivity index is 1.64. The summed E-state index contributed by atoms with van der Waals surface area (Å²) in [6.45, 7) is 0. The highest BCUT2D eigenvalue weighted by Gasteiger charge is 2.24. The van der Waals surface area contributed by atoms with Gasteiger partial charge >= 0.3 is 5.97 Å². The number of carboxylic acids is 1. The molecule has 144 valence electrons. The molecule has 1 aliphatic rings. The molecule has 4 aromatic rings. The van der Waals surface area contributed by atoms with Crippen molar-refractivity contribution in [3.05, 3.63) is 89.0 Å². The molecule has 1 fully saturated rings. The number of carboxylic acid groups (broad SMARTS) is 1. The third-order valence-electron chi connectivity index (χ3n) is 5.50. The van der Waals surface area contributed by atoms with Crippen LogP contribution in [-0.2, 0) is 6.42 Å². The molecular formula is C24H19FN2O2. The van der Waals surface area contributed by atoms with Gasteiger partial charge in [-0.3, -0.25) is 0 Å². The number of carbonyl (C=O) groups is 1. The Morgan fingerprint density at radius 2 is 1.90 bits per heavy atom. The van der Waals surface area contributed by atoms with Gasteiger partial charge in [0.15, 0.2) is 0 Å². The molecule has 4 nitrogen and oxygen atoms in total. The largest absolute Gasteiger partial charge is 0.477 e. The van der Waals surface area contributed by atoms with Crippen LogP contribution < -0.4 is 0 Å². The predicted molar refractivity (Wildman–Crippen MR) is 110 cm³/mol. The first-order valence-electron chi connectivity index (χ1n) is 9.68. The fraction of sp³-hybridized carbons (Fsp3) is 0.167. The summed E-state index contributed by atoms with van der Waals surface area (Å²) in [7, 11) is 0. The molecule has 0 spiro atoms. The Morgan fingerprint density at radius 3 is 2.62 bits per heavy atom. The monoisotopic (exact) mass is 386 g/mol. The van der Waals surface area contributed by atoms with Crippen molar-refractivity contribution in [3.63, 3.8) is 0 Å². The molecule has 1 saturated carbocycles. The van der Waals surface area contributed by atoms with Crippen LogP contribution in [0.5, 0.6) is 0 Å². The average Bonchev–Trinajstić information content (AvgIpc) is 3.52. The van der Waals surface area contributed by atoms with Crippen molar-refractivity contribution in [2.75, 3.05) is 0 Å². The number of halogens is 1. The minimum absolute atomic E-state index is 0.0293. The summed E-state index contributed by atoms with van der Waals surface area (Å²) in [5.74, 6) is -0.675. The molecule has 5 heteroatoms. The molecule has 0 bridgehead atoms. The summed E-state index contributed by atoms with van der Waals surface area (Å²) in [5.41, 5.74) is 5.92. The zero-order valence-corrected chi connectivity index (χ0v) is 15.7. The Labute approximate surface area is 167 Å². The molecule has 0 aliphatic heterocycles. The highest BCUT2D eigenvalue weighted by Crippen LogP contribution is 2.42. The van der Waals surface area contributed by atoms with E-state index in [9.17, 15) is 14.3 Å². The Kier molecular flexibility index (Phi) is 4.16. The number of aromatic nitrogens is 2. The van der Waals surface area contributed by atoms with Crippen LogP contribution in [0.15, 0.2) is 60.7 Å². The van der Waals surface area contributed by atoms with Crippen LogP contribution in [0.2, 0.25) is 0 Å². The van der Waals surface area contributed by atoms with Gasteiger partial charge in [-0.25, -0.2) is 14.2 Å². The number of aromatic amines is 1. The first-order valence-corrected chi connectivity index (χ1v) is 9.68. The van der Waals surface area contributed by atoms with Crippen molar-refractivity contribution in [3.8, 4) is 11.3 Å². The van der Waals surface area contributed by atoms with E-state index in [2.05, 4.69) is 28.2 Å². The fourth-order valence-electron chi connectivity index (χ4n) is 3.87. The van der Waals surface area contributed by atoms with Crippen LogP contribution >= 0.6 is 0 Å². The molecule has 0 atom stereocenters. The number of hydrogen-bond donors (Lipinski definition) is 2. The Bertz CT molecular complexity index is 1220. The quantitative estimate of drug-likeness (QED) is 0.474. The standard InChI is InChI=1S/C24H19FN2O2/c25-17-9-6-15(7-10-17)23-20(13-18-2-1-3-21(26-18)24(28)29)19-11-8-16(14-4-5-14)12-22(19)27-23/h1-3,6-12,14,27H,4-5,13H2,(H,28,29). The molecule has 2 heterocycles. The summed E-state index contributed by atoms with van der Waals surface area (Å²) in [4.78, 5) is 19.1. The summed E-state index contributed by atoms with van der Waals surface area (Å²) in [5, 5.41) is 10.3. The van der Waals surface area contributed by atoms with E-state index in [1.54, 1.807) is 18.2 Å². The van der Waals surface area contributed by atoms with Crippen molar-refractivity contribution in [2.24, 2.45) is 0 Å². The number of benzene rings is 2. The van der Waals surface area contributed by atoms with Gasteiger partial charge in [-0.2, -0.15) is 0 Å². The van der Waals surface area contributed by atoms with Gasteiger partial charge in [-0.15, -0.1) is 0 Å². The number of rotatable bonds is 5. The zero-order chi connectivity index (χ0) is 20.0. The first-order chi connectivity index (χ1) is 14.1. The third-order valence-corrected chi connectivity index (χ3v) is 5.50. The highest BCUT2D eigenvalue weighted by molar-refractivity contribution is 5.92. The van der Waals surface area contributed by atoms with Gasteiger partial charge in [0.2, 0.25) is 0 Å². The van der Waals surface area contributed by atoms with Gasteiger partial charge in [0, 0.05) is 23.0 Å². The van der Waals surface area contributed by atoms with Crippen LogP contribution in [0, 0.1) is 5.82 Å². The summed E-state index contributed by atoms with van der Waals surface area (Å²) >= 11 is 0. The minimum atomic E-state index is -1.04. The van der Waals surface area contributed by atoms with Crippen LogP contribution in [-0.4, -0.2) is 21.0 Å². The Hall–Kier alpha value is -3.47. The van der Waals surface area contributed by atoms with Gasteiger partial charge in [-0.05, 0) is 77.9 Å². The van der Waals surface area contributed by atoms with E-state index >= 15 is 0 Å². The van der Waals surface area contributed by atoms with Gasteiger partial charge in [0.25, 0.3) is 0 Å². The smallest absolute Gasteiger partial charge is 0.354 e. The van der Waals surface area contributed by atoms with Crippen molar-refractivity contribution in [1.29, 1.82) is 0 Å². The minimum Gasteiger partial charge on any atom is -0.477 e. The lowest BCUT2D eigenvalue weighted by Gasteiger charge is -2.06. The van der Waals surface area contributed by atoms with Gasteiger partial charge < -0.3 is 10.1 Å². The number of H-pyrrole nitrogens is 1. The van der Waals surface area contributed by atoms with Gasteiger partial charge in [0.05, 0.1) is 5.69 Å². The fourth-order valence-corrected chi connectivity index (χ4v) is 3.87. The second-order valence-corrected chi connectivity index (χ2v) is 7.56. The number of hydrogen-bond acceptors (Lipinski definition) is 2. The van der Waals surface area contributed by atoms with E-state index in [0.717, 1.165) is 27.7 Å². The lowest BCUT2D eigenvalue weighted by atomic mass is 9.99. The van der Waals surface area contributed by atoms with E-state index < -0.39 is 5.97 Å². The number of nitrogens with zero attached hydrogens (tertiary/aromatic N) is 1. The molecule has 0 amide bonds. The maximum atomic E-state index is 13.4. The molecule has 2 N–H and O–H groups in total.